The third-order valence-electron chi connectivity index (χ3n) is 4.51. The number of anilines is 2. The molecule has 0 spiro atoms. The van der Waals surface area contributed by atoms with E-state index in [0.717, 1.165) is 17.2 Å². The highest BCUT2D eigenvalue weighted by Gasteiger charge is 2.22. The van der Waals surface area contributed by atoms with E-state index in [1.807, 2.05) is 30.3 Å². The molecule has 5 nitrogen and oxygen atoms in total. The molecule has 1 N–H and O–H groups in total. The number of nitrogens with zero attached hydrogens (tertiary/aromatic N) is 1. The summed E-state index contributed by atoms with van der Waals surface area (Å²) in [4.78, 5) is 13.8. The Labute approximate surface area is 152 Å². The van der Waals surface area contributed by atoms with E-state index in [1.165, 1.54) is 0 Å². The number of amides is 1. The highest BCUT2D eigenvalue weighted by molar-refractivity contribution is 7.92. The molecule has 26 heavy (non-hydrogen) atoms. The van der Waals surface area contributed by atoms with Gasteiger partial charge in [0.2, 0.25) is 5.91 Å². The largest absolute Gasteiger partial charge is 0.312 e. The molecule has 0 radical (unpaired) electrons. The van der Waals surface area contributed by atoms with Crippen LogP contribution < -0.4 is 9.62 Å². The summed E-state index contributed by atoms with van der Waals surface area (Å²) in [6.07, 6.45) is 1.36. The molecule has 3 aromatic rings. The number of rotatable bonds is 4. The number of fused-ring (bicyclic) bond motifs is 1. The topological polar surface area (TPSA) is 66.5 Å². The van der Waals surface area contributed by atoms with Crippen LogP contribution in [0.1, 0.15) is 12.8 Å². The van der Waals surface area contributed by atoms with Gasteiger partial charge in [0.1, 0.15) is 0 Å². The normalized spacial score (nSPS) is 14.8. The minimum atomic E-state index is -3.71. The molecule has 6 heteroatoms. The van der Waals surface area contributed by atoms with Gasteiger partial charge in [0.15, 0.2) is 0 Å². The molecule has 1 saturated heterocycles. The summed E-state index contributed by atoms with van der Waals surface area (Å²) in [5.74, 6) is 0.0690. The predicted molar refractivity (Wildman–Crippen MR) is 103 cm³/mol. The smallest absolute Gasteiger partial charge is 0.261 e. The average Bonchev–Trinajstić information content (AvgIpc) is 3.07. The summed E-state index contributed by atoms with van der Waals surface area (Å²) in [5.41, 5.74) is 1.15. The summed E-state index contributed by atoms with van der Waals surface area (Å²) >= 11 is 0. The Hall–Kier alpha value is -2.86. The van der Waals surface area contributed by atoms with E-state index < -0.39 is 10.0 Å². The minimum absolute atomic E-state index is 0.0690. The lowest BCUT2D eigenvalue weighted by atomic mass is 10.1. The van der Waals surface area contributed by atoms with Crippen molar-refractivity contribution in [1.29, 1.82) is 0 Å². The maximum atomic E-state index is 12.8. The van der Waals surface area contributed by atoms with E-state index >= 15 is 0 Å². The molecule has 1 heterocycles. The van der Waals surface area contributed by atoms with Gasteiger partial charge in [-0.1, -0.05) is 36.4 Å². The van der Waals surface area contributed by atoms with Gasteiger partial charge >= 0.3 is 0 Å². The number of nitrogens with one attached hydrogen (secondary N) is 1. The molecule has 4 rings (SSSR count). The van der Waals surface area contributed by atoms with Crippen molar-refractivity contribution in [3.8, 4) is 0 Å². The highest BCUT2D eigenvalue weighted by atomic mass is 32.2. The summed E-state index contributed by atoms with van der Waals surface area (Å²) in [7, 11) is -3.71. The molecule has 3 aromatic carbocycles. The lowest BCUT2D eigenvalue weighted by Crippen LogP contribution is -2.23. The zero-order valence-corrected chi connectivity index (χ0v) is 14.9. The monoisotopic (exact) mass is 366 g/mol. The van der Waals surface area contributed by atoms with Gasteiger partial charge in [-0.25, -0.2) is 8.42 Å². The van der Waals surface area contributed by atoms with Crippen LogP contribution in [0.5, 0.6) is 0 Å². The first-order valence-corrected chi connectivity index (χ1v) is 9.93. The lowest BCUT2D eigenvalue weighted by molar-refractivity contribution is -0.117. The SMILES string of the molecule is O=C1CCCN1c1cccc(NS(=O)(=O)c2ccc3ccccc3c2)c1. The van der Waals surface area contributed by atoms with E-state index in [2.05, 4.69) is 4.72 Å². The number of hydrogen-bond acceptors (Lipinski definition) is 3. The van der Waals surface area contributed by atoms with Crippen molar-refractivity contribution in [2.24, 2.45) is 0 Å². The summed E-state index contributed by atoms with van der Waals surface area (Å²) in [6, 6.07) is 19.6. The van der Waals surface area contributed by atoms with Crippen molar-refractivity contribution < 1.29 is 13.2 Å². The summed E-state index contributed by atoms with van der Waals surface area (Å²) in [5, 5.41) is 1.85. The van der Waals surface area contributed by atoms with Gasteiger partial charge < -0.3 is 4.90 Å². The number of benzene rings is 3. The maximum absolute atomic E-state index is 12.8. The summed E-state index contributed by atoms with van der Waals surface area (Å²) in [6.45, 7) is 0.666. The Morgan fingerprint density at radius 3 is 2.46 bits per heavy atom. The van der Waals surface area contributed by atoms with Gasteiger partial charge in [-0.15, -0.1) is 0 Å². The van der Waals surface area contributed by atoms with Crippen molar-refractivity contribution >= 4 is 38.1 Å². The van der Waals surface area contributed by atoms with Crippen LogP contribution in [0, 0.1) is 0 Å². The number of hydrogen-bond donors (Lipinski definition) is 1. The third kappa shape index (κ3) is 3.15. The lowest BCUT2D eigenvalue weighted by Gasteiger charge is -2.17. The fourth-order valence-electron chi connectivity index (χ4n) is 3.21. The molecule has 0 saturated carbocycles. The van der Waals surface area contributed by atoms with Crippen molar-refractivity contribution in [3.05, 3.63) is 66.7 Å². The second kappa shape index (κ2) is 6.46. The van der Waals surface area contributed by atoms with Crippen LogP contribution in [0.2, 0.25) is 0 Å². The second-order valence-electron chi connectivity index (χ2n) is 6.31. The molecular formula is C20H18N2O3S. The number of carbonyl (C=O) groups excluding carboxylic acids is 1. The molecule has 1 fully saturated rings. The van der Waals surface area contributed by atoms with Crippen LogP contribution in [-0.2, 0) is 14.8 Å². The van der Waals surface area contributed by atoms with Crippen LogP contribution in [0.4, 0.5) is 11.4 Å². The van der Waals surface area contributed by atoms with Crippen molar-refractivity contribution in [2.75, 3.05) is 16.2 Å². The maximum Gasteiger partial charge on any atom is 0.261 e. The minimum Gasteiger partial charge on any atom is -0.312 e. The van der Waals surface area contributed by atoms with Crippen LogP contribution in [0.15, 0.2) is 71.6 Å². The first-order valence-electron chi connectivity index (χ1n) is 8.45. The van der Waals surface area contributed by atoms with Crippen molar-refractivity contribution in [2.45, 2.75) is 17.7 Å². The fourth-order valence-corrected chi connectivity index (χ4v) is 4.29. The van der Waals surface area contributed by atoms with Gasteiger partial charge in [0, 0.05) is 18.7 Å². The van der Waals surface area contributed by atoms with Crippen LogP contribution in [-0.4, -0.2) is 20.9 Å². The van der Waals surface area contributed by atoms with E-state index in [4.69, 9.17) is 0 Å². The van der Waals surface area contributed by atoms with Gasteiger partial charge in [-0.3, -0.25) is 9.52 Å². The van der Waals surface area contributed by atoms with E-state index in [9.17, 15) is 13.2 Å². The third-order valence-corrected chi connectivity index (χ3v) is 5.89. The van der Waals surface area contributed by atoms with Crippen LogP contribution in [0.25, 0.3) is 10.8 Å². The molecule has 0 aliphatic carbocycles. The van der Waals surface area contributed by atoms with E-state index in [0.29, 0.717) is 24.3 Å². The fraction of sp³-hybridized carbons (Fsp3) is 0.150. The summed E-state index contributed by atoms with van der Waals surface area (Å²) < 4.78 is 28.1. The Bertz CT molecular complexity index is 1090. The van der Waals surface area contributed by atoms with Crippen LogP contribution in [0.3, 0.4) is 0 Å². The van der Waals surface area contributed by atoms with Gasteiger partial charge in [0.25, 0.3) is 10.0 Å². The first kappa shape index (κ1) is 16.6. The Morgan fingerprint density at radius 1 is 0.885 bits per heavy atom. The molecular weight excluding hydrogens is 348 g/mol. The molecule has 0 unspecified atom stereocenters. The number of carbonyl (C=O) groups is 1. The van der Waals surface area contributed by atoms with Crippen molar-refractivity contribution in [3.63, 3.8) is 0 Å². The molecule has 1 aliphatic rings. The molecule has 1 aliphatic heterocycles. The van der Waals surface area contributed by atoms with E-state index in [-0.39, 0.29) is 10.8 Å². The standard InChI is InChI=1S/C20H18N2O3S/c23-20-9-4-12-22(20)18-8-3-7-17(14-18)21-26(24,25)19-11-10-15-5-1-2-6-16(15)13-19/h1-3,5-8,10-11,13-14,21H,4,9,12H2. The second-order valence-corrected chi connectivity index (χ2v) is 8.00. The van der Waals surface area contributed by atoms with Gasteiger partial charge in [0.05, 0.1) is 10.6 Å². The molecule has 0 bridgehead atoms. The Morgan fingerprint density at radius 2 is 1.69 bits per heavy atom. The van der Waals surface area contributed by atoms with E-state index in [1.54, 1.807) is 41.3 Å². The zero-order valence-electron chi connectivity index (χ0n) is 14.1. The highest BCUT2D eigenvalue weighted by Crippen LogP contribution is 2.26. The molecule has 132 valence electrons. The van der Waals surface area contributed by atoms with Crippen molar-refractivity contribution in [1.82, 2.24) is 0 Å². The molecule has 0 atom stereocenters. The Balaban J connectivity index is 1.63. The van der Waals surface area contributed by atoms with Gasteiger partial charge in [-0.2, -0.15) is 0 Å². The predicted octanol–water partition coefficient (Wildman–Crippen LogP) is 3.77. The molecule has 0 aromatic heterocycles. The quantitative estimate of drug-likeness (QED) is 0.764. The molecule has 1 amide bonds. The van der Waals surface area contributed by atoms with Gasteiger partial charge in [-0.05, 0) is 47.5 Å². The first-order chi connectivity index (χ1) is 12.5. The number of sulfonamides is 1. The average molecular weight is 366 g/mol. The Kier molecular flexibility index (Phi) is 4.12. The zero-order chi connectivity index (χ0) is 18.1. The van der Waals surface area contributed by atoms with Crippen LogP contribution >= 0.6 is 0 Å².